The molecule has 0 saturated carbocycles. The predicted octanol–water partition coefficient (Wildman–Crippen LogP) is 2.80. The number of aryl methyl sites for hydroxylation is 2. The van der Waals surface area contributed by atoms with Crippen LogP contribution in [-0.4, -0.2) is 15.6 Å². The fraction of sp³-hybridized carbons (Fsp3) is 0.273. The maximum Gasteiger partial charge on any atom is 0.247 e. The van der Waals surface area contributed by atoms with Gasteiger partial charge in [-0.05, 0) is 41.9 Å². The summed E-state index contributed by atoms with van der Waals surface area (Å²) in [6.45, 7) is 4.47. The van der Waals surface area contributed by atoms with Crippen molar-refractivity contribution in [3.05, 3.63) is 40.0 Å². The van der Waals surface area contributed by atoms with E-state index >= 15 is 0 Å². The van der Waals surface area contributed by atoms with E-state index < -0.39 is 0 Å². The van der Waals surface area contributed by atoms with Gasteiger partial charge in [0.25, 0.3) is 0 Å². The summed E-state index contributed by atoms with van der Waals surface area (Å²) < 4.78 is 7.49. The molecule has 0 fully saturated rings. The van der Waals surface area contributed by atoms with Gasteiger partial charge in [0, 0.05) is 6.54 Å². The molecule has 16 heavy (non-hydrogen) atoms. The molecule has 0 amide bonds. The zero-order chi connectivity index (χ0) is 11.7. The van der Waals surface area contributed by atoms with E-state index in [0.29, 0.717) is 22.5 Å². The highest BCUT2D eigenvalue weighted by Crippen LogP contribution is 2.21. The first kappa shape index (κ1) is 11.1. The number of carbonyl (C=O) groups is 1. The molecule has 0 aliphatic rings. The van der Waals surface area contributed by atoms with Crippen molar-refractivity contribution in [2.75, 3.05) is 0 Å². The Morgan fingerprint density at radius 3 is 2.94 bits per heavy atom. The summed E-state index contributed by atoms with van der Waals surface area (Å²) in [5.41, 5.74) is 1.38. The molecule has 0 bridgehead atoms. The summed E-state index contributed by atoms with van der Waals surface area (Å²) in [6, 6.07) is 3.47. The third kappa shape index (κ3) is 1.82. The Morgan fingerprint density at radius 2 is 2.38 bits per heavy atom. The van der Waals surface area contributed by atoms with Crippen LogP contribution < -0.4 is 0 Å². The van der Waals surface area contributed by atoms with Crippen LogP contribution in [-0.2, 0) is 6.54 Å². The summed E-state index contributed by atoms with van der Waals surface area (Å²) >= 11 is 3.27. The minimum absolute atomic E-state index is 0.153. The van der Waals surface area contributed by atoms with Crippen LogP contribution in [0.3, 0.4) is 0 Å². The van der Waals surface area contributed by atoms with E-state index in [2.05, 4.69) is 21.0 Å². The molecular formula is C11H11BrN2O2. The predicted molar refractivity (Wildman–Crippen MR) is 62.5 cm³/mol. The molecule has 0 unspecified atom stereocenters. The molecule has 2 heterocycles. The number of rotatable bonds is 3. The first-order valence-corrected chi connectivity index (χ1v) is 5.75. The third-order valence-corrected chi connectivity index (χ3v) is 2.88. The van der Waals surface area contributed by atoms with Crippen molar-refractivity contribution in [3.63, 3.8) is 0 Å². The number of furan rings is 1. The van der Waals surface area contributed by atoms with Gasteiger partial charge in [-0.25, -0.2) is 0 Å². The van der Waals surface area contributed by atoms with Gasteiger partial charge in [0.05, 0.1) is 16.4 Å². The standard InChI is InChI=1S/C11H11BrN2O2/c1-3-14-9(6-7(2)13-14)10(15)11-8(12)4-5-16-11/h4-6H,3H2,1-2H3. The zero-order valence-electron chi connectivity index (χ0n) is 9.03. The molecule has 0 aliphatic carbocycles. The molecule has 2 aromatic rings. The van der Waals surface area contributed by atoms with Crippen molar-refractivity contribution in [2.24, 2.45) is 0 Å². The second-order valence-electron chi connectivity index (χ2n) is 3.41. The largest absolute Gasteiger partial charge is 0.460 e. The monoisotopic (exact) mass is 282 g/mol. The van der Waals surface area contributed by atoms with Crippen LogP contribution in [0.15, 0.2) is 27.3 Å². The topological polar surface area (TPSA) is 48.0 Å². The quantitative estimate of drug-likeness (QED) is 0.814. The van der Waals surface area contributed by atoms with Gasteiger partial charge in [-0.1, -0.05) is 0 Å². The first-order valence-electron chi connectivity index (χ1n) is 4.95. The Bertz CT molecular complexity index is 528. The number of ketones is 1. The van der Waals surface area contributed by atoms with Gasteiger partial charge in [0.1, 0.15) is 5.69 Å². The molecule has 0 spiro atoms. The van der Waals surface area contributed by atoms with Crippen molar-refractivity contribution in [1.29, 1.82) is 0 Å². The van der Waals surface area contributed by atoms with E-state index in [4.69, 9.17) is 4.42 Å². The SMILES string of the molecule is CCn1nc(C)cc1C(=O)c1occc1Br. The van der Waals surface area contributed by atoms with Crippen LogP contribution >= 0.6 is 15.9 Å². The molecular weight excluding hydrogens is 272 g/mol. The van der Waals surface area contributed by atoms with Crippen LogP contribution in [0.25, 0.3) is 0 Å². The summed E-state index contributed by atoms with van der Waals surface area (Å²) in [6.07, 6.45) is 1.48. The maximum atomic E-state index is 12.1. The van der Waals surface area contributed by atoms with Crippen LogP contribution in [0, 0.1) is 6.92 Å². The molecule has 4 nitrogen and oxygen atoms in total. The first-order chi connectivity index (χ1) is 7.63. The Morgan fingerprint density at radius 1 is 1.62 bits per heavy atom. The molecule has 2 rings (SSSR count). The highest BCUT2D eigenvalue weighted by atomic mass is 79.9. The fourth-order valence-corrected chi connectivity index (χ4v) is 1.92. The second-order valence-corrected chi connectivity index (χ2v) is 4.27. The summed E-state index contributed by atoms with van der Waals surface area (Å²) in [5, 5.41) is 4.23. The van der Waals surface area contributed by atoms with E-state index in [1.807, 2.05) is 13.8 Å². The second kappa shape index (κ2) is 4.25. The number of aromatic nitrogens is 2. The number of halogens is 1. The summed E-state index contributed by atoms with van der Waals surface area (Å²) in [4.78, 5) is 12.1. The lowest BCUT2D eigenvalue weighted by Gasteiger charge is -2.01. The van der Waals surface area contributed by atoms with Gasteiger partial charge in [0.2, 0.25) is 5.78 Å². The van der Waals surface area contributed by atoms with E-state index in [1.165, 1.54) is 6.26 Å². The van der Waals surface area contributed by atoms with Crippen molar-refractivity contribution in [2.45, 2.75) is 20.4 Å². The normalized spacial score (nSPS) is 10.7. The van der Waals surface area contributed by atoms with E-state index in [-0.39, 0.29) is 5.78 Å². The molecule has 84 valence electrons. The lowest BCUT2D eigenvalue weighted by atomic mass is 10.2. The van der Waals surface area contributed by atoms with E-state index in [9.17, 15) is 4.79 Å². The van der Waals surface area contributed by atoms with Crippen LogP contribution in [0.4, 0.5) is 0 Å². The van der Waals surface area contributed by atoms with Gasteiger partial charge < -0.3 is 4.42 Å². The van der Waals surface area contributed by atoms with Gasteiger partial charge in [-0.15, -0.1) is 0 Å². The zero-order valence-corrected chi connectivity index (χ0v) is 10.6. The molecule has 0 aliphatic heterocycles. The Labute approximate surface area is 101 Å². The fourth-order valence-electron chi connectivity index (χ4n) is 1.54. The van der Waals surface area contributed by atoms with Crippen molar-refractivity contribution in [1.82, 2.24) is 9.78 Å². The Kier molecular flexibility index (Phi) is 2.96. The van der Waals surface area contributed by atoms with Gasteiger partial charge >= 0.3 is 0 Å². The minimum Gasteiger partial charge on any atom is -0.460 e. The molecule has 0 N–H and O–H groups in total. The highest BCUT2D eigenvalue weighted by molar-refractivity contribution is 9.10. The molecule has 0 radical (unpaired) electrons. The Hall–Kier alpha value is -1.36. The van der Waals surface area contributed by atoms with Crippen LogP contribution in [0.2, 0.25) is 0 Å². The van der Waals surface area contributed by atoms with Crippen LogP contribution in [0.5, 0.6) is 0 Å². The summed E-state index contributed by atoms with van der Waals surface area (Å²) in [7, 11) is 0. The average molecular weight is 283 g/mol. The van der Waals surface area contributed by atoms with Crippen molar-refractivity contribution < 1.29 is 9.21 Å². The smallest absolute Gasteiger partial charge is 0.247 e. The van der Waals surface area contributed by atoms with E-state index in [0.717, 1.165) is 5.69 Å². The number of hydrogen-bond acceptors (Lipinski definition) is 3. The van der Waals surface area contributed by atoms with Gasteiger partial charge in [-0.2, -0.15) is 5.10 Å². The molecule has 5 heteroatoms. The lowest BCUT2D eigenvalue weighted by Crippen LogP contribution is -2.10. The van der Waals surface area contributed by atoms with Crippen molar-refractivity contribution in [3.8, 4) is 0 Å². The summed E-state index contributed by atoms with van der Waals surface area (Å²) in [5.74, 6) is 0.161. The van der Waals surface area contributed by atoms with Crippen molar-refractivity contribution >= 4 is 21.7 Å². The van der Waals surface area contributed by atoms with Gasteiger partial charge in [-0.3, -0.25) is 9.48 Å². The maximum absolute atomic E-state index is 12.1. The number of nitrogens with zero attached hydrogens (tertiary/aromatic N) is 2. The van der Waals surface area contributed by atoms with Crippen LogP contribution in [0.1, 0.15) is 28.9 Å². The highest BCUT2D eigenvalue weighted by Gasteiger charge is 2.20. The van der Waals surface area contributed by atoms with E-state index in [1.54, 1.807) is 16.8 Å². The third-order valence-electron chi connectivity index (χ3n) is 2.26. The number of hydrogen-bond donors (Lipinski definition) is 0. The minimum atomic E-state index is -0.153. The van der Waals surface area contributed by atoms with Gasteiger partial charge in [0.15, 0.2) is 5.76 Å². The molecule has 2 aromatic heterocycles. The molecule has 0 saturated heterocycles. The Balaban J connectivity index is 2.45. The molecule has 0 atom stereocenters. The number of carbonyl (C=O) groups excluding carboxylic acids is 1. The lowest BCUT2D eigenvalue weighted by molar-refractivity contribution is 0.0998. The molecule has 0 aromatic carbocycles. The average Bonchev–Trinajstić information content (AvgIpc) is 2.83.